The molecule has 0 aliphatic carbocycles. The van der Waals surface area contributed by atoms with Crippen LogP contribution in [0.2, 0.25) is 10.0 Å². The number of alkyl halides is 3. The van der Waals surface area contributed by atoms with Gasteiger partial charge in [-0.1, -0.05) is 55.2 Å². The zero-order valence-corrected chi connectivity index (χ0v) is 23.8. The Morgan fingerprint density at radius 1 is 1.10 bits per heavy atom. The maximum Gasteiger partial charge on any atom is 0.490 e. The fourth-order valence-electron chi connectivity index (χ4n) is 5.44. The molecule has 4 unspecified atom stereocenters. The summed E-state index contributed by atoms with van der Waals surface area (Å²) in [7, 11) is 0. The van der Waals surface area contributed by atoms with Crippen molar-refractivity contribution in [3.8, 4) is 0 Å². The minimum atomic E-state index is -5.08. The zero-order valence-electron chi connectivity index (χ0n) is 22.3. The van der Waals surface area contributed by atoms with Crippen molar-refractivity contribution in [3.05, 3.63) is 63.4 Å². The van der Waals surface area contributed by atoms with Crippen LogP contribution < -0.4 is 10.6 Å². The highest BCUT2D eigenvalue weighted by molar-refractivity contribution is 6.31. The van der Waals surface area contributed by atoms with Crippen molar-refractivity contribution in [2.45, 2.75) is 56.8 Å². The summed E-state index contributed by atoms with van der Waals surface area (Å²) in [5.74, 6) is -6.81. The Balaban J connectivity index is 0.000000616. The molecule has 2 aliphatic heterocycles. The van der Waals surface area contributed by atoms with Crippen LogP contribution in [0.25, 0.3) is 0 Å². The number of carboxylic acid groups (broad SMARTS) is 2. The van der Waals surface area contributed by atoms with Crippen molar-refractivity contribution >= 4 is 52.7 Å². The number of halogens is 6. The average Bonchev–Trinajstić information content (AvgIpc) is 3.34. The number of nitrogens with one attached hydrogen (secondary N) is 2. The van der Waals surface area contributed by atoms with Crippen LogP contribution in [0.5, 0.6) is 0 Å². The van der Waals surface area contributed by atoms with Gasteiger partial charge in [0.2, 0.25) is 5.91 Å². The molecule has 2 heterocycles. The number of esters is 1. The lowest BCUT2D eigenvalue weighted by atomic mass is 9.62. The van der Waals surface area contributed by atoms with Crippen LogP contribution in [0.4, 0.5) is 23.2 Å². The number of amides is 1. The molecular formula is C27H26Cl2F4N2O7. The predicted octanol–water partition coefficient (Wildman–Crippen LogP) is 5.14. The maximum atomic E-state index is 15.4. The molecule has 1 saturated heterocycles. The van der Waals surface area contributed by atoms with Gasteiger partial charge in [0.05, 0.1) is 11.6 Å². The Kier molecular flexibility index (Phi) is 9.50. The first-order valence-electron chi connectivity index (χ1n) is 12.3. The number of anilines is 1. The van der Waals surface area contributed by atoms with Gasteiger partial charge >= 0.3 is 24.1 Å². The van der Waals surface area contributed by atoms with Crippen LogP contribution >= 0.6 is 23.2 Å². The molecule has 1 fully saturated rings. The van der Waals surface area contributed by atoms with Crippen LogP contribution in [0.15, 0.2) is 36.4 Å². The predicted molar refractivity (Wildman–Crippen MR) is 143 cm³/mol. The van der Waals surface area contributed by atoms with E-state index in [4.69, 9.17) is 37.8 Å². The fraction of sp³-hybridized carbons (Fsp3) is 0.407. The standard InChI is InChI=1S/C25H25Cl2FN2O5.C2HF3O2/c1-12(31)35-11-24(2,3)10-18-25(15-8-7-13(26)9-17(15)29-23(25)34)19(21(30-18)22(32)33)14-5-4-6-16(27)20(14)28;3-2(4,5)1(6)7/h4-9,18-19,21,30H,10-11H2,1-3H3,(H,29,34)(H,32,33);(H,6,7). The molecule has 2 aromatic carbocycles. The molecule has 1 spiro atoms. The molecule has 15 heteroatoms. The third-order valence-electron chi connectivity index (χ3n) is 7.05. The molecule has 2 aliphatic rings. The van der Waals surface area contributed by atoms with Gasteiger partial charge in [0.15, 0.2) is 0 Å². The molecule has 2 aromatic rings. The number of ether oxygens (including phenoxy) is 1. The van der Waals surface area contributed by atoms with Crippen molar-refractivity contribution in [2.24, 2.45) is 5.41 Å². The molecule has 42 heavy (non-hydrogen) atoms. The fourth-order valence-corrected chi connectivity index (χ4v) is 5.79. The molecule has 9 nitrogen and oxygen atoms in total. The van der Waals surface area contributed by atoms with Crippen LogP contribution in [0.1, 0.15) is 44.2 Å². The van der Waals surface area contributed by atoms with Crippen molar-refractivity contribution in [1.29, 1.82) is 0 Å². The summed E-state index contributed by atoms with van der Waals surface area (Å²) in [6.45, 7) is 5.06. The van der Waals surface area contributed by atoms with Gasteiger partial charge < -0.3 is 20.3 Å². The van der Waals surface area contributed by atoms with E-state index in [-0.39, 0.29) is 23.6 Å². The maximum absolute atomic E-state index is 15.4. The number of carboxylic acids is 2. The highest BCUT2D eigenvalue weighted by atomic mass is 35.5. The largest absolute Gasteiger partial charge is 0.490 e. The van der Waals surface area contributed by atoms with Gasteiger partial charge in [-0.05, 0) is 35.7 Å². The SMILES string of the molecule is CC(=O)OCC(C)(C)CC1NC(C(=O)O)C(c2cccc(Cl)c2F)C12C(=O)Nc1cc(Cl)ccc12.O=C(O)C(F)(F)F. The van der Waals surface area contributed by atoms with Crippen molar-refractivity contribution in [3.63, 3.8) is 0 Å². The summed E-state index contributed by atoms with van der Waals surface area (Å²) in [5, 5.41) is 23.5. The van der Waals surface area contributed by atoms with Crippen LogP contribution in [0.3, 0.4) is 0 Å². The molecule has 1 amide bonds. The Labute approximate surface area is 247 Å². The number of hydrogen-bond donors (Lipinski definition) is 4. The summed E-state index contributed by atoms with van der Waals surface area (Å²) in [6.07, 6.45) is -4.84. The first-order chi connectivity index (χ1) is 19.3. The highest BCUT2D eigenvalue weighted by Crippen LogP contribution is 2.57. The summed E-state index contributed by atoms with van der Waals surface area (Å²) in [6, 6.07) is 7.17. The van der Waals surface area contributed by atoms with E-state index in [1.54, 1.807) is 18.2 Å². The quantitative estimate of drug-likeness (QED) is 0.252. The molecule has 4 N–H and O–H groups in total. The third kappa shape index (κ3) is 6.47. The van der Waals surface area contributed by atoms with Crippen LogP contribution in [0, 0.1) is 11.2 Å². The second-order valence-corrected chi connectivity index (χ2v) is 11.5. The number of carbonyl (C=O) groups is 4. The zero-order chi connectivity index (χ0) is 31.8. The van der Waals surface area contributed by atoms with E-state index < -0.39 is 64.6 Å². The van der Waals surface area contributed by atoms with E-state index in [1.165, 1.54) is 25.1 Å². The second-order valence-electron chi connectivity index (χ2n) is 10.6. The van der Waals surface area contributed by atoms with Gasteiger partial charge in [-0.25, -0.2) is 9.18 Å². The van der Waals surface area contributed by atoms with Gasteiger partial charge in [0.25, 0.3) is 0 Å². The number of benzene rings is 2. The molecule has 0 saturated carbocycles. The van der Waals surface area contributed by atoms with Crippen molar-refractivity contribution in [1.82, 2.24) is 5.32 Å². The molecule has 0 bridgehead atoms. The molecule has 4 atom stereocenters. The minimum absolute atomic E-state index is 0.0237. The smallest absolute Gasteiger partial charge is 0.480 e. The van der Waals surface area contributed by atoms with Gasteiger partial charge in [-0.2, -0.15) is 13.2 Å². The lowest BCUT2D eigenvalue weighted by Crippen LogP contribution is -2.50. The first kappa shape index (κ1) is 33.1. The summed E-state index contributed by atoms with van der Waals surface area (Å²) in [4.78, 5) is 46.7. The summed E-state index contributed by atoms with van der Waals surface area (Å²) in [5.41, 5.74) is -1.17. The topological polar surface area (TPSA) is 142 Å². The Bertz CT molecular complexity index is 1420. The Morgan fingerprint density at radius 3 is 2.26 bits per heavy atom. The molecule has 0 radical (unpaired) electrons. The molecule has 228 valence electrons. The van der Waals surface area contributed by atoms with Crippen LogP contribution in [-0.4, -0.2) is 58.9 Å². The third-order valence-corrected chi connectivity index (χ3v) is 7.58. The van der Waals surface area contributed by atoms with E-state index in [0.29, 0.717) is 16.3 Å². The van der Waals surface area contributed by atoms with Crippen molar-refractivity contribution in [2.75, 3.05) is 11.9 Å². The van der Waals surface area contributed by atoms with Crippen LogP contribution in [-0.2, 0) is 29.3 Å². The summed E-state index contributed by atoms with van der Waals surface area (Å²) < 4.78 is 52.4. The number of hydrogen-bond acceptors (Lipinski definition) is 6. The normalized spacial score (nSPS) is 23.1. The average molecular weight is 637 g/mol. The first-order valence-corrected chi connectivity index (χ1v) is 13.1. The highest BCUT2D eigenvalue weighted by Gasteiger charge is 2.66. The lowest BCUT2D eigenvalue weighted by Gasteiger charge is -2.38. The second kappa shape index (κ2) is 12.1. The number of fused-ring (bicyclic) bond motifs is 2. The van der Waals surface area contributed by atoms with Crippen molar-refractivity contribution < 1.29 is 51.7 Å². The molecule has 0 aromatic heterocycles. The van der Waals surface area contributed by atoms with Gasteiger partial charge in [-0.15, -0.1) is 0 Å². The summed E-state index contributed by atoms with van der Waals surface area (Å²) >= 11 is 12.2. The minimum Gasteiger partial charge on any atom is -0.480 e. The van der Waals surface area contributed by atoms with E-state index in [0.717, 1.165) is 0 Å². The van der Waals surface area contributed by atoms with E-state index in [9.17, 15) is 32.7 Å². The van der Waals surface area contributed by atoms with Gasteiger partial charge in [0.1, 0.15) is 17.3 Å². The lowest BCUT2D eigenvalue weighted by molar-refractivity contribution is -0.192. The number of aliphatic carboxylic acids is 2. The Hall–Kier alpha value is -3.42. The molecular weight excluding hydrogens is 611 g/mol. The monoisotopic (exact) mass is 636 g/mol. The van der Waals surface area contributed by atoms with E-state index in [1.807, 2.05) is 13.8 Å². The van der Waals surface area contributed by atoms with Gasteiger partial charge in [-0.3, -0.25) is 19.7 Å². The Morgan fingerprint density at radius 2 is 1.71 bits per heavy atom. The van der Waals surface area contributed by atoms with E-state index in [2.05, 4.69) is 10.6 Å². The molecule has 4 rings (SSSR count). The van der Waals surface area contributed by atoms with Gasteiger partial charge in [0, 0.05) is 35.0 Å². The number of rotatable bonds is 6. The number of carbonyl (C=O) groups excluding carboxylic acids is 2. The van der Waals surface area contributed by atoms with E-state index >= 15 is 4.39 Å².